The molecule has 0 fully saturated rings. The van der Waals surface area contributed by atoms with Gasteiger partial charge >= 0.3 is 0 Å². The third-order valence-electron chi connectivity index (χ3n) is 2.96. The van der Waals surface area contributed by atoms with E-state index in [0.717, 1.165) is 22.5 Å². The van der Waals surface area contributed by atoms with Gasteiger partial charge in [-0.15, -0.1) is 0 Å². The van der Waals surface area contributed by atoms with Gasteiger partial charge in [0.25, 0.3) is 5.91 Å². The first-order chi connectivity index (χ1) is 8.15. The Hall–Kier alpha value is -2.17. The molecule has 0 radical (unpaired) electrons. The fourth-order valence-electron chi connectivity index (χ4n) is 2.12. The molecule has 17 heavy (non-hydrogen) atoms. The second-order valence-electron chi connectivity index (χ2n) is 4.21. The van der Waals surface area contributed by atoms with Gasteiger partial charge < -0.3 is 5.32 Å². The zero-order valence-corrected chi connectivity index (χ0v) is 9.69. The minimum Gasteiger partial charge on any atom is -0.348 e. The van der Waals surface area contributed by atoms with Crippen molar-refractivity contribution in [2.75, 3.05) is 0 Å². The van der Waals surface area contributed by atoms with Crippen molar-refractivity contribution >= 4 is 5.91 Å². The van der Waals surface area contributed by atoms with Gasteiger partial charge in [0.1, 0.15) is 0 Å². The molecule has 1 aliphatic heterocycles. The number of rotatable bonds is 1. The minimum atomic E-state index is -0.0399. The van der Waals surface area contributed by atoms with Crippen LogP contribution in [0.3, 0.4) is 0 Å². The molecule has 2 aromatic heterocycles. The summed E-state index contributed by atoms with van der Waals surface area (Å²) >= 11 is 0. The average Bonchev–Trinajstić information content (AvgIpc) is 2.82. The van der Waals surface area contributed by atoms with Gasteiger partial charge in [0, 0.05) is 31.5 Å². The van der Waals surface area contributed by atoms with Crippen LogP contribution in [0.4, 0.5) is 0 Å². The summed E-state index contributed by atoms with van der Waals surface area (Å²) < 4.78 is 1.77. The Morgan fingerprint density at radius 1 is 1.41 bits per heavy atom. The summed E-state index contributed by atoms with van der Waals surface area (Å²) in [7, 11) is 1.88. The van der Waals surface area contributed by atoms with Crippen molar-refractivity contribution in [3.05, 3.63) is 35.3 Å². The lowest BCUT2D eigenvalue weighted by Crippen LogP contribution is -2.12. The van der Waals surface area contributed by atoms with E-state index in [1.54, 1.807) is 10.9 Å². The first-order valence-corrected chi connectivity index (χ1v) is 5.43. The second kappa shape index (κ2) is 3.41. The maximum Gasteiger partial charge on any atom is 0.253 e. The molecule has 0 saturated heterocycles. The number of nitrogens with zero attached hydrogens (tertiary/aromatic N) is 3. The number of amides is 1. The van der Waals surface area contributed by atoms with Crippen LogP contribution in [0.25, 0.3) is 11.3 Å². The number of hydrogen-bond donors (Lipinski definition) is 1. The van der Waals surface area contributed by atoms with Gasteiger partial charge in [-0.1, -0.05) is 0 Å². The maximum absolute atomic E-state index is 11.4. The molecule has 3 rings (SSSR count). The number of pyridine rings is 1. The van der Waals surface area contributed by atoms with Crippen LogP contribution in [0.15, 0.2) is 18.5 Å². The summed E-state index contributed by atoms with van der Waals surface area (Å²) in [5.41, 5.74) is 4.50. The molecule has 1 amide bonds. The van der Waals surface area contributed by atoms with Crippen molar-refractivity contribution < 1.29 is 4.79 Å². The number of carbonyl (C=O) groups is 1. The van der Waals surface area contributed by atoms with Crippen molar-refractivity contribution in [1.29, 1.82) is 0 Å². The third kappa shape index (κ3) is 1.51. The Morgan fingerprint density at radius 2 is 2.24 bits per heavy atom. The van der Waals surface area contributed by atoms with E-state index in [2.05, 4.69) is 15.4 Å². The van der Waals surface area contributed by atoms with Gasteiger partial charge in [-0.3, -0.25) is 14.5 Å². The summed E-state index contributed by atoms with van der Waals surface area (Å²) in [6.07, 6.45) is 3.58. The lowest BCUT2D eigenvalue weighted by Gasteiger charge is -2.00. The van der Waals surface area contributed by atoms with Gasteiger partial charge in [0.2, 0.25) is 0 Å². The van der Waals surface area contributed by atoms with Crippen molar-refractivity contribution in [2.45, 2.75) is 13.5 Å². The van der Waals surface area contributed by atoms with E-state index in [0.29, 0.717) is 12.1 Å². The third-order valence-corrected chi connectivity index (χ3v) is 2.96. The van der Waals surface area contributed by atoms with Gasteiger partial charge in [0.05, 0.1) is 17.0 Å². The summed E-state index contributed by atoms with van der Waals surface area (Å²) in [5.74, 6) is -0.0399. The van der Waals surface area contributed by atoms with Crippen molar-refractivity contribution in [2.24, 2.45) is 7.05 Å². The molecular weight excluding hydrogens is 216 g/mol. The van der Waals surface area contributed by atoms with Crippen LogP contribution < -0.4 is 5.32 Å². The molecule has 0 aliphatic carbocycles. The number of aromatic nitrogens is 3. The molecule has 0 unspecified atom stereocenters. The summed E-state index contributed by atoms with van der Waals surface area (Å²) in [4.78, 5) is 15.7. The van der Waals surface area contributed by atoms with Crippen LogP contribution in [0.2, 0.25) is 0 Å². The highest BCUT2D eigenvalue weighted by molar-refractivity contribution is 5.98. The predicted molar refractivity (Wildman–Crippen MR) is 62.3 cm³/mol. The normalized spacial score (nSPS) is 13.6. The van der Waals surface area contributed by atoms with E-state index < -0.39 is 0 Å². The Kier molecular flexibility index (Phi) is 2.01. The average molecular weight is 228 g/mol. The van der Waals surface area contributed by atoms with Gasteiger partial charge in [-0.25, -0.2) is 0 Å². The first-order valence-electron chi connectivity index (χ1n) is 5.43. The van der Waals surface area contributed by atoms with Crippen LogP contribution in [-0.2, 0) is 13.6 Å². The van der Waals surface area contributed by atoms with Crippen LogP contribution in [-0.4, -0.2) is 20.7 Å². The summed E-state index contributed by atoms with van der Waals surface area (Å²) in [6, 6.07) is 1.96. The summed E-state index contributed by atoms with van der Waals surface area (Å²) in [5, 5.41) is 7.07. The topological polar surface area (TPSA) is 59.8 Å². The van der Waals surface area contributed by atoms with E-state index in [1.807, 2.05) is 26.2 Å². The molecule has 2 aromatic rings. The van der Waals surface area contributed by atoms with Gasteiger partial charge in [-0.2, -0.15) is 5.10 Å². The van der Waals surface area contributed by atoms with Crippen LogP contribution >= 0.6 is 0 Å². The Labute approximate surface area is 98.5 Å². The van der Waals surface area contributed by atoms with Crippen molar-refractivity contribution in [1.82, 2.24) is 20.1 Å². The van der Waals surface area contributed by atoms with Crippen LogP contribution in [0, 0.1) is 6.92 Å². The quantitative estimate of drug-likeness (QED) is 0.793. The first kappa shape index (κ1) is 10.0. The molecule has 0 saturated carbocycles. The minimum absolute atomic E-state index is 0.0399. The molecule has 0 atom stereocenters. The van der Waals surface area contributed by atoms with E-state index in [9.17, 15) is 4.79 Å². The molecular formula is C12H12N4O. The molecule has 0 spiro atoms. The summed E-state index contributed by atoms with van der Waals surface area (Å²) in [6.45, 7) is 2.54. The number of carbonyl (C=O) groups excluding carboxylic acids is 1. The molecule has 1 aliphatic rings. The van der Waals surface area contributed by atoms with E-state index in [4.69, 9.17) is 0 Å². The lowest BCUT2D eigenvalue weighted by molar-refractivity contribution is 0.0965. The number of hydrogen-bond acceptors (Lipinski definition) is 3. The van der Waals surface area contributed by atoms with E-state index in [1.165, 1.54) is 0 Å². The SMILES string of the molecule is Cc1nn(C)cc1-c1cc2c(cn1)C(=O)NC2. The van der Waals surface area contributed by atoms with Crippen LogP contribution in [0.1, 0.15) is 21.6 Å². The highest BCUT2D eigenvalue weighted by atomic mass is 16.1. The molecule has 0 aromatic carbocycles. The Bertz CT molecular complexity index is 615. The molecule has 3 heterocycles. The number of fused-ring (bicyclic) bond motifs is 1. The highest BCUT2D eigenvalue weighted by Crippen LogP contribution is 2.24. The Morgan fingerprint density at radius 3 is 2.94 bits per heavy atom. The fourth-order valence-corrected chi connectivity index (χ4v) is 2.12. The fraction of sp³-hybridized carbons (Fsp3) is 0.250. The largest absolute Gasteiger partial charge is 0.348 e. The molecule has 1 N–H and O–H groups in total. The monoisotopic (exact) mass is 228 g/mol. The maximum atomic E-state index is 11.4. The van der Waals surface area contributed by atoms with Crippen molar-refractivity contribution in [3.63, 3.8) is 0 Å². The zero-order valence-electron chi connectivity index (χ0n) is 9.69. The smallest absolute Gasteiger partial charge is 0.253 e. The molecule has 5 nitrogen and oxygen atoms in total. The van der Waals surface area contributed by atoms with E-state index in [-0.39, 0.29) is 5.91 Å². The standard InChI is InChI=1S/C12H12N4O/c1-7-10(6-16(2)15-7)11-3-8-4-14-12(17)9(8)5-13-11/h3,5-6H,4H2,1-2H3,(H,14,17). The zero-order chi connectivity index (χ0) is 12.0. The molecule has 5 heteroatoms. The molecule has 0 bridgehead atoms. The second-order valence-corrected chi connectivity index (χ2v) is 4.21. The predicted octanol–water partition coefficient (Wildman–Crippen LogP) is 1.03. The van der Waals surface area contributed by atoms with Gasteiger partial charge in [-0.05, 0) is 18.6 Å². The number of aryl methyl sites for hydroxylation is 2. The van der Waals surface area contributed by atoms with E-state index >= 15 is 0 Å². The van der Waals surface area contributed by atoms with Crippen LogP contribution in [0.5, 0.6) is 0 Å². The lowest BCUT2D eigenvalue weighted by atomic mass is 10.1. The Balaban J connectivity index is 2.11. The number of nitrogens with one attached hydrogen (secondary N) is 1. The van der Waals surface area contributed by atoms with Gasteiger partial charge in [0.15, 0.2) is 0 Å². The highest BCUT2D eigenvalue weighted by Gasteiger charge is 2.20. The molecule has 86 valence electrons. The van der Waals surface area contributed by atoms with Crippen molar-refractivity contribution in [3.8, 4) is 11.3 Å².